The predicted molar refractivity (Wildman–Crippen MR) is 118 cm³/mol. The fourth-order valence-electron chi connectivity index (χ4n) is 3.47. The van der Waals surface area contributed by atoms with Gasteiger partial charge in [0.05, 0.1) is 32.1 Å². The first-order valence-corrected chi connectivity index (χ1v) is 10.7. The first-order valence-electron chi connectivity index (χ1n) is 10.7. The van der Waals surface area contributed by atoms with Crippen LogP contribution in [0.15, 0.2) is 36.5 Å². The molecule has 2 heterocycles. The number of ether oxygens (including phenoxy) is 2. The lowest BCUT2D eigenvalue weighted by Crippen LogP contribution is -2.53. The van der Waals surface area contributed by atoms with Gasteiger partial charge in [-0.05, 0) is 26.3 Å². The number of esters is 1. The first kappa shape index (κ1) is 24.7. The van der Waals surface area contributed by atoms with Gasteiger partial charge in [-0.2, -0.15) is 0 Å². The lowest BCUT2D eigenvalue weighted by molar-refractivity contribution is -0.145. The van der Waals surface area contributed by atoms with E-state index >= 15 is 0 Å². The summed E-state index contributed by atoms with van der Waals surface area (Å²) in [6, 6.07) is 6.49. The molecule has 0 aliphatic carbocycles. The monoisotopic (exact) mass is 472 g/mol. The summed E-state index contributed by atoms with van der Waals surface area (Å²) in [5.74, 6) is -1.73. The smallest absolute Gasteiger partial charge is 0.408 e. The van der Waals surface area contributed by atoms with Crippen molar-refractivity contribution in [1.29, 1.82) is 0 Å². The number of methoxy groups -OCH3 is 1. The molecule has 0 bridgehead atoms. The second-order valence-corrected chi connectivity index (χ2v) is 8.68. The van der Waals surface area contributed by atoms with Gasteiger partial charge < -0.3 is 25.0 Å². The molecule has 0 spiro atoms. The Balaban J connectivity index is 1.96. The predicted octanol–water partition coefficient (Wildman–Crippen LogP) is 0.544. The molecular weight excluding hydrogens is 444 g/mol. The molecule has 2 aromatic rings. The largest absolute Gasteiger partial charge is 0.468 e. The Kier molecular flexibility index (Phi) is 7.49. The van der Waals surface area contributed by atoms with Crippen LogP contribution in [0.2, 0.25) is 0 Å². The highest BCUT2D eigenvalue weighted by Gasteiger charge is 2.39. The van der Waals surface area contributed by atoms with E-state index in [1.807, 2.05) is 0 Å². The lowest BCUT2D eigenvalue weighted by atomic mass is 10.0. The SMILES string of the molecule is COC(=O)CNC(=O)[C@@H](c1ccccc1)N1Cc2cnnn2CC(NC(=O)OC(C)(C)C)C1=O. The van der Waals surface area contributed by atoms with Crippen molar-refractivity contribution in [1.82, 2.24) is 30.5 Å². The molecule has 2 atom stereocenters. The van der Waals surface area contributed by atoms with Gasteiger partial charge in [-0.15, -0.1) is 5.10 Å². The Bertz CT molecular complexity index is 1050. The van der Waals surface area contributed by atoms with Gasteiger partial charge in [0.1, 0.15) is 24.2 Å². The molecule has 1 aromatic carbocycles. The number of fused-ring (bicyclic) bond motifs is 1. The van der Waals surface area contributed by atoms with Crippen molar-refractivity contribution in [2.45, 2.75) is 51.5 Å². The minimum atomic E-state index is -1.09. The number of nitrogens with zero attached hydrogens (tertiary/aromatic N) is 4. The van der Waals surface area contributed by atoms with Gasteiger partial charge in [0.2, 0.25) is 11.8 Å². The fraction of sp³-hybridized carbons (Fsp3) is 0.455. The summed E-state index contributed by atoms with van der Waals surface area (Å²) in [7, 11) is 1.21. The molecule has 12 nitrogen and oxygen atoms in total. The molecule has 34 heavy (non-hydrogen) atoms. The van der Waals surface area contributed by atoms with Crippen LogP contribution in [-0.4, -0.2) is 69.1 Å². The van der Waals surface area contributed by atoms with Crippen LogP contribution >= 0.6 is 0 Å². The average Bonchev–Trinajstić information content (AvgIpc) is 3.17. The minimum absolute atomic E-state index is 0.00351. The van der Waals surface area contributed by atoms with Crippen LogP contribution in [0.25, 0.3) is 0 Å². The fourth-order valence-corrected chi connectivity index (χ4v) is 3.47. The van der Waals surface area contributed by atoms with Gasteiger partial charge in [-0.3, -0.25) is 14.4 Å². The summed E-state index contributed by atoms with van der Waals surface area (Å²) in [5, 5.41) is 13.0. The third kappa shape index (κ3) is 6.09. The van der Waals surface area contributed by atoms with E-state index in [2.05, 4.69) is 25.7 Å². The van der Waals surface area contributed by atoms with Gasteiger partial charge >= 0.3 is 12.1 Å². The van der Waals surface area contributed by atoms with Gasteiger partial charge in [-0.1, -0.05) is 35.5 Å². The molecule has 2 N–H and O–H groups in total. The van der Waals surface area contributed by atoms with E-state index in [1.54, 1.807) is 51.1 Å². The number of aromatic nitrogens is 3. The first-order chi connectivity index (χ1) is 16.1. The molecule has 1 aliphatic heterocycles. The van der Waals surface area contributed by atoms with Crippen LogP contribution in [0.3, 0.4) is 0 Å². The zero-order valence-corrected chi connectivity index (χ0v) is 19.5. The van der Waals surface area contributed by atoms with Crippen molar-refractivity contribution in [2.75, 3.05) is 13.7 Å². The summed E-state index contributed by atoms with van der Waals surface area (Å²) in [5.41, 5.74) is 0.328. The molecule has 1 aromatic heterocycles. The second-order valence-electron chi connectivity index (χ2n) is 8.68. The number of amides is 3. The zero-order chi connectivity index (χ0) is 24.9. The Morgan fingerprint density at radius 1 is 1.21 bits per heavy atom. The summed E-state index contributed by atoms with van der Waals surface area (Å²) >= 11 is 0. The highest BCUT2D eigenvalue weighted by molar-refractivity contribution is 5.93. The standard InChI is InChI=1S/C22H28N6O6/c1-22(2,3)34-21(32)25-16-13-28-15(10-24-26-28)12-27(20(16)31)18(14-8-6-5-7-9-14)19(30)23-11-17(29)33-4/h5-10,16,18H,11-13H2,1-4H3,(H,23,30)(H,25,32)/t16?,18-/m1/s1. The maximum absolute atomic E-state index is 13.6. The highest BCUT2D eigenvalue weighted by Crippen LogP contribution is 2.26. The molecule has 182 valence electrons. The van der Waals surface area contributed by atoms with E-state index in [-0.39, 0.29) is 19.6 Å². The van der Waals surface area contributed by atoms with Crippen LogP contribution in [0.4, 0.5) is 4.79 Å². The van der Waals surface area contributed by atoms with Crippen LogP contribution in [0, 0.1) is 0 Å². The molecule has 1 unspecified atom stereocenters. The molecule has 0 saturated heterocycles. The molecule has 3 rings (SSSR count). The van der Waals surface area contributed by atoms with E-state index in [9.17, 15) is 19.2 Å². The van der Waals surface area contributed by atoms with Crippen molar-refractivity contribution in [2.24, 2.45) is 0 Å². The van der Waals surface area contributed by atoms with Crippen molar-refractivity contribution < 1.29 is 28.7 Å². The molecule has 12 heteroatoms. The zero-order valence-electron chi connectivity index (χ0n) is 19.5. The Labute approximate surface area is 196 Å². The normalized spacial score (nSPS) is 16.6. The van der Waals surface area contributed by atoms with Crippen LogP contribution in [0.1, 0.15) is 38.1 Å². The van der Waals surface area contributed by atoms with Gasteiger partial charge in [-0.25, -0.2) is 9.48 Å². The number of rotatable bonds is 6. The minimum Gasteiger partial charge on any atom is -0.468 e. The number of carbonyl (C=O) groups is 4. The van der Waals surface area contributed by atoms with Gasteiger partial charge in [0, 0.05) is 0 Å². The van der Waals surface area contributed by atoms with Crippen LogP contribution < -0.4 is 10.6 Å². The van der Waals surface area contributed by atoms with E-state index in [0.717, 1.165) is 0 Å². The van der Waals surface area contributed by atoms with Crippen LogP contribution in [0.5, 0.6) is 0 Å². The number of carbonyl (C=O) groups excluding carboxylic acids is 4. The van der Waals surface area contributed by atoms with Gasteiger partial charge in [0.25, 0.3) is 0 Å². The third-order valence-corrected chi connectivity index (χ3v) is 4.97. The van der Waals surface area contributed by atoms with Crippen molar-refractivity contribution in [3.8, 4) is 0 Å². The number of alkyl carbamates (subject to hydrolysis) is 1. The summed E-state index contributed by atoms with van der Waals surface area (Å²) < 4.78 is 11.4. The number of hydrogen-bond donors (Lipinski definition) is 2. The van der Waals surface area contributed by atoms with Crippen molar-refractivity contribution in [3.63, 3.8) is 0 Å². The lowest BCUT2D eigenvalue weighted by Gasteiger charge is -2.32. The van der Waals surface area contributed by atoms with Gasteiger partial charge in [0.15, 0.2) is 0 Å². The Morgan fingerprint density at radius 3 is 2.56 bits per heavy atom. The Hall–Kier alpha value is -3.96. The number of nitrogens with one attached hydrogen (secondary N) is 2. The summed E-state index contributed by atoms with van der Waals surface area (Å²) in [6.07, 6.45) is 0.714. The van der Waals surface area contributed by atoms with Crippen molar-refractivity contribution in [3.05, 3.63) is 47.8 Å². The quantitative estimate of drug-likeness (QED) is 0.580. The average molecular weight is 473 g/mol. The topological polar surface area (TPSA) is 145 Å². The number of benzene rings is 1. The van der Waals surface area contributed by atoms with E-state index in [0.29, 0.717) is 11.3 Å². The molecule has 0 fully saturated rings. The molecule has 0 saturated carbocycles. The molecule has 3 amide bonds. The second kappa shape index (κ2) is 10.3. The van der Waals surface area contributed by atoms with Crippen molar-refractivity contribution >= 4 is 23.9 Å². The maximum Gasteiger partial charge on any atom is 0.408 e. The Morgan fingerprint density at radius 2 is 1.91 bits per heavy atom. The highest BCUT2D eigenvalue weighted by atomic mass is 16.6. The van der Waals surface area contributed by atoms with Crippen LogP contribution in [-0.2, 0) is 36.9 Å². The summed E-state index contributed by atoms with van der Waals surface area (Å²) in [4.78, 5) is 52.2. The maximum atomic E-state index is 13.6. The molecule has 0 radical (unpaired) electrons. The molecule has 1 aliphatic rings. The summed E-state index contributed by atoms with van der Waals surface area (Å²) in [6.45, 7) is 4.78. The van der Waals surface area contributed by atoms with E-state index in [4.69, 9.17) is 4.74 Å². The third-order valence-electron chi connectivity index (χ3n) is 4.97. The number of hydrogen-bond acceptors (Lipinski definition) is 8. The molecular formula is C22H28N6O6. The van der Waals surface area contributed by atoms with E-state index in [1.165, 1.54) is 22.9 Å². The van der Waals surface area contributed by atoms with E-state index < -0.39 is 41.6 Å².